The molecule has 0 spiro atoms. The van der Waals surface area contributed by atoms with Crippen LogP contribution < -0.4 is 15.4 Å². The highest BCUT2D eigenvalue weighted by molar-refractivity contribution is 8.18. The number of ether oxygens (including phenoxy) is 1. The van der Waals surface area contributed by atoms with Gasteiger partial charge >= 0.3 is 0 Å². The SMILES string of the molecule is CCNc1ccc(C#N)cc1/N=C1\S/C(=C\Nc2ccc(OC)cc2)C(=O)N1Cc1ccccc1. The van der Waals surface area contributed by atoms with Gasteiger partial charge in [0, 0.05) is 18.4 Å². The second kappa shape index (κ2) is 11.3. The number of hydrogen-bond donors (Lipinski definition) is 2. The fourth-order valence-electron chi connectivity index (χ4n) is 3.47. The summed E-state index contributed by atoms with van der Waals surface area (Å²) in [7, 11) is 1.62. The van der Waals surface area contributed by atoms with E-state index in [1.54, 1.807) is 30.3 Å². The molecule has 0 aliphatic carbocycles. The lowest BCUT2D eigenvalue weighted by Gasteiger charge is -2.16. The third-order valence-electron chi connectivity index (χ3n) is 5.24. The van der Waals surface area contributed by atoms with Crippen molar-refractivity contribution in [3.05, 3.63) is 95.0 Å². The lowest BCUT2D eigenvalue weighted by atomic mass is 10.2. The summed E-state index contributed by atoms with van der Waals surface area (Å²) in [5.41, 5.74) is 3.76. The van der Waals surface area contributed by atoms with Crippen LogP contribution in [0.15, 0.2) is 88.9 Å². The molecule has 1 saturated heterocycles. The number of aliphatic imine (C=N–C) groups is 1. The van der Waals surface area contributed by atoms with Crippen molar-refractivity contribution < 1.29 is 9.53 Å². The van der Waals surface area contributed by atoms with Gasteiger partial charge in [0.1, 0.15) is 5.75 Å². The van der Waals surface area contributed by atoms with Gasteiger partial charge in [-0.2, -0.15) is 5.26 Å². The van der Waals surface area contributed by atoms with Crippen molar-refractivity contribution in [2.45, 2.75) is 13.5 Å². The average Bonchev–Trinajstić information content (AvgIpc) is 3.18. The Balaban J connectivity index is 1.68. The second-order valence-corrected chi connectivity index (χ2v) is 8.64. The molecule has 7 nitrogen and oxygen atoms in total. The van der Waals surface area contributed by atoms with E-state index in [0.717, 1.165) is 22.7 Å². The molecule has 1 aliphatic heterocycles. The van der Waals surface area contributed by atoms with Crippen LogP contribution in [0.4, 0.5) is 17.1 Å². The van der Waals surface area contributed by atoms with Gasteiger partial charge < -0.3 is 15.4 Å². The first-order valence-electron chi connectivity index (χ1n) is 11.1. The summed E-state index contributed by atoms with van der Waals surface area (Å²) in [6.07, 6.45) is 1.70. The van der Waals surface area contributed by atoms with Crippen LogP contribution in [0.2, 0.25) is 0 Å². The number of amidine groups is 1. The number of nitrogens with one attached hydrogen (secondary N) is 2. The van der Waals surface area contributed by atoms with E-state index in [0.29, 0.717) is 34.4 Å². The predicted octanol–water partition coefficient (Wildman–Crippen LogP) is 5.72. The number of thioether (sulfide) groups is 1. The van der Waals surface area contributed by atoms with Crippen molar-refractivity contribution in [1.29, 1.82) is 5.26 Å². The molecule has 1 aliphatic rings. The summed E-state index contributed by atoms with van der Waals surface area (Å²) in [4.78, 5) is 20.4. The molecule has 0 atom stereocenters. The van der Waals surface area contributed by atoms with Gasteiger partial charge in [-0.3, -0.25) is 9.69 Å². The molecule has 0 radical (unpaired) electrons. The lowest BCUT2D eigenvalue weighted by molar-refractivity contribution is -0.122. The van der Waals surface area contributed by atoms with E-state index in [4.69, 9.17) is 9.73 Å². The number of carbonyl (C=O) groups excluding carboxylic acids is 1. The van der Waals surface area contributed by atoms with Crippen molar-refractivity contribution >= 4 is 39.9 Å². The number of amides is 1. The molecule has 0 aromatic heterocycles. The zero-order chi connectivity index (χ0) is 24.6. The first-order valence-corrected chi connectivity index (χ1v) is 11.9. The number of nitriles is 1. The highest BCUT2D eigenvalue weighted by atomic mass is 32.2. The van der Waals surface area contributed by atoms with Crippen LogP contribution in [0.5, 0.6) is 5.75 Å². The Morgan fingerprint density at radius 3 is 2.57 bits per heavy atom. The van der Waals surface area contributed by atoms with Crippen molar-refractivity contribution in [2.24, 2.45) is 4.99 Å². The van der Waals surface area contributed by atoms with Crippen LogP contribution in [-0.2, 0) is 11.3 Å². The number of methoxy groups -OCH3 is 1. The van der Waals surface area contributed by atoms with E-state index in [1.165, 1.54) is 11.8 Å². The first-order chi connectivity index (χ1) is 17.1. The van der Waals surface area contributed by atoms with E-state index in [9.17, 15) is 10.1 Å². The van der Waals surface area contributed by atoms with Gasteiger partial charge in [0.25, 0.3) is 5.91 Å². The highest BCUT2D eigenvalue weighted by Crippen LogP contribution is 2.36. The largest absolute Gasteiger partial charge is 0.497 e. The molecule has 0 saturated carbocycles. The maximum atomic E-state index is 13.4. The molecule has 3 aromatic rings. The third-order valence-corrected chi connectivity index (χ3v) is 6.25. The van der Waals surface area contributed by atoms with Gasteiger partial charge in [-0.25, -0.2) is 4.99 Å². The van der Waals surface area contributed by atoms with E-state index < -0.39 is 0 Å². The Bertz CT molecular complexity index is 1300. The number of nitrogens with zero attached hydrogens (tertiary/aromatic N) is 3. The Morgan fingerprint density at radius 1 is 1.11 bits per heavy atom. The summed E-state index contributed by atoms with van der Waals surface area (Å²) < 4.78 is 5.20. The standard InChI is InChI=1S/C27H25N5O2S/c1-3-29-23-14-9-20(16-28)15-24(23)31-27-32(18-19-7-5-4-6-8-19)26(33)25(35-27)17-30-21-10-12-22(34-2)13-11-21/h4-15,17,29-30H,3,18H2,1-2H3/b25-17-,31-27-. The number of benzene rings is 3. The van der Waals surface area contributed by atoms with Gasteiger partial charge in [0.05, 0.1) is 41.6 Å². The molecule has 0 unspecified atom stereocenters. The van der Waals surface area contributed by atoms with Gasteiger partial charge in [0.2, 0.25) is 0 Å². The molecule has 1 fully saturated rings. The third kappa shape index (κ3) is 5.83. The zero-order valence-corrected chi connectivity index (χ0v) is 20.3. The molecule has 4 rings (SSSR count). The maximum absolute atomic E-state index is 13.4. The summed E-state index contributed by atoms with van der Waals surface area (Å²) in [5, 5.41) is 16.4. The Hall–Kier alpha value is -4.22. The minimum Gasteiger partial charge on any atom is -0.497 e. The maximum Gasteiger partial charge on any atom is 0.268 e. The number of carbonyl (C=O) groups is 1. The van der Waals surface area contributed by atoms with Crippen LogP contribution in [0, 0.1) is 11.3 Å². The molecule has 3 aromatic carbocycles. The van der Waals surface area contributed by atoms with Crippen LogP contribution in [0.3, 0.4) is 0 Å². The molecule has 2 N–H and O–H groups in total. The molecule has 176 valence electrons. The number of anilines is 2. The zero-order valence-electron chi connectivity index (χ0n) is 19.5. The number of hydrogen-bond acceptors (Lipinski definition) is 7. The summed E-state index contributed by atoms with van der Waals surface area (Å²) >= 11 is 1.30. The van der Waals surface area contributed by atoms with E-state index in [1.807, 2.05) is 67.6 Å². The Labute approximate surface area is 209 Å². The first kappa shape index (κ1) is 23.9. The summed E-state index contributed by atoms with van der Waals surface area (Å²) in [6.45, 7) is 3.09. The normalized spacial score (nSPS) is 15.3. The molecule has 1 heterocycles. The Kier molecular flexibility index (Phi) is 7.70. The molecule has 0 bridgehead atoms. The Morgan fingerprint density at radius 2 is 1.89 bits per heavy atom. The second-order valence-electron chi connectivity index (χ2n) is 7.63. The fourth-order valence-corrected chi connectivity index (χ4v) is 4.38. The smallest absolute Gasteiger partial charge is 0.268 e. The lowest BCUT2D eigenvalue weighted by Crippen LogP contribution is -2.28. The van der Waals surface area contributed by atoms with Crippen LogP contribution in [0.1, 0.15) is 18.1 Å². The topological polar surface area (TPSA) is 89.7 Å². The molecule has 35 heavy (non-hydrogen) atoms. The van der Waals surface area contributed by atoms with Crippen LogP contribution >= 0.6 is 11.8 Å². The van der Waals surface area contributed by atoms with E-state index in [2.05, 4.69) is 16.7 Å². The predicted molar refractivity (Wildman–Crippen MR) is 142 cm³/mol. The minimum absolute atomic E-state index is 0.139. The monoisotopic (exact) mass is 483 g/mol. The van der Waals surface area contributed by atoms with Gasteiger partial charge in [-0.15, -0.1) is 0 Å². The fraction of sp³-hybridized carbons (Fsp3) is 0.148. The van der Waals surface area contributed by atoms with Crippen molar-refractivity contribution in [3.8, 4) is 11.8 Å². The van der Waals surface area contributed by atoms with E-state index >= 15 is 0 Å². The minimum atomic E-state index is -0.139. The van der Waals surface area contributed by atoms with Crippen LogP contribution in [0.25, 0.3) is 0 Å². The van der Waals surface area contributed by atoms with Crippen LogP contribution in [-0.4, -0.2) is 29.6 Å². The van der Waals surface area contributed by atoms with Crippen molar-refractivity contribution in [3.63, 3.8) is 0 Å². The molecule has 8 heteroatoms. The van der Waals surface area contributed by atoms with Crippen molar-refractivity contribution in [1.82, 2.24) is 4.90 Å². The van der Waals surface area contributed by atoms with Gasteiger partial charge in [0.15, 0.2) is 5.17 Å². The van der Waals surface area contributed by atoms with E-state index in [-0.39, 0.29) is 5.91 Å². The highest BCUT2D eigenvalue weighted by Gasteiger charge is 2.33. The number of rotatable bonds is 8. The van der Waals surface area contributed by atoms with Gasteiger partial charge in [-0.05, 0) is 66.7 Å². The van der Waals surface area contributed by atoms with Gasteiger partial charge in [-0.1, -0.05) is 30.3 Å². The molecular formula is C27H25N5O2S. The van der Waals surface area contributed by atoms with Crippen molar-refractivity contribution in [2.75, 3.05) is 24.3 Å². The molecule has 1 amide bonds. The summed E-state index contributed by atoms with van der Waals surface area (Å²) in [5.74, 6) is 0.620. The molecular weight excluding hydrogens is 458 g/mol. The quantitative estimate of drug-likeness (QED) is 0.399. The summed E-state index contributed by atoms with van der Waals surface area (Å²) in [6, 6.07) is 24.7. The average molecular weight is 484 g/mol.